The molecule has 0 aromatic carbocycles. The van der Waals surface area contributed by atoms with Crippen molar-refractivity contribution in [1.29, 1.82) is 0 Å². The number of hydrogen-bond acceptors (Lipinski definition) is 5. The van der Waals surface area contributed by atoms with Crippen molar-refractivity contribution in [3.63, 3.8) is 0 Å². The van der Waals surface area contributed by atoms with Crippen molar-refractivity contribution >= 4 is 33.8 Å². The molecule has 6 nitrogen and oxygen atoms in total. The maximum Gasteiger partial charge on any atom is 0.263 e. The summed E-state index contributed by atoms with van der Waals surface area (Å²) in [5.41, 5.74) is 11.7. The number of hydrogen-bond donors (Lipinski definition) is 3. The number of nitrogen functional groups attached to an aromatic ring is 1. The van der Waals surface area contributed by atoms with Gasteiger partial charge in [-0.1, -0.05) is 19.9 Å². The highest BCUT2D eigenvalue weighted by Gasteiger charge is 2.26. The SMILES string of the molecule is C=CCNC(=O)c1sc(N(C)CC(C)C)c(C(N)=O)c1N. The molecule has 0 atom stereocenters. The summed E-state index contributed by atoms with van der Waals surface area (Å²) in [5.74, 6) is -0.557. The van der Waals surface area contributed by atoms with E-state index >= 15 is 0 Å². The van der Waals surface area contributed by atoms with Crippen molar-refractivity contribution < 1.29 is 9.59 Å². The molecule has 2 amide bonds. The van der Waals surface area contributed by atoms with Crippen LogP contribution in [0, 0.1) is 5.92 Å². The van der Waals surface area contributed by atoms with E-state index in [2.05, 4.69) is 25.7 Å². The molecule has 0 spiro atoms. The highest BCUT2D eigenvalue weighted by Crippen LogP contribution is 2.37. The van der Waals surface area contributed by atoms with E-state index in [0.717, 1.165) is 6.54 Å². The van der Waals surface area contributed by atoms with E-state index < -0.39 is 5.91 Å². The minimum absolute atomic E-state index is 0.139. The smallest absolute Gasteiger partial charge is 0.263 e. The molecule has 1 rings (SSSR count). The molecule has 7 heteroatoms. The van der Waals surface area contributed by atoms with Crippen LogP contribution in [0.2, 0.25) is 0 Å². The first-order valence-electron chi connectivity index (χ1n) is 6.61. The number of nitrogens with two attached hydrogens (primary N) is 2. The molecule has 0 saturated carbocycles. The molecule has 0 radical (unpaired) electrons. The summed E-state index contributed by atoms with van der Waals surface area (Å²) in [7, 11) is 1.85. The molecule has 0 saturated heterocycles. The van der Waals surface area contributed by atoms with Crippen LogP contribution in [-0.4, -0.2) is 32.0 Å². The van der Waals surface area contributed by atoms with Crippen LogP contribution in [0.3, 0.4) is 0 Å². The van der Waals surface area contributed by atoms with E-state index in [1.165, 1.54) is 11.3 Å². The van der Waals surface area contributed by atoms with Crippen LogP contribution in [0.15, 0.2) is 12.7 Å². The van der Waals surface area contributed by atoms with E-state index in [4.69, 9.17) is 11.5 Å². The predicted molar refractivity (Wildman–Crippen MR) is 87.9 cm³/mol. The Bertz CT molecular complexity index is 551. The van der Waals surface area contributed by atoms with Gasteiger partial charge in [0.2, 0.25) is 0 Å². The van der Waals surface area contributed by atoms with Crippen LogP contribution in [0.25, 0.3) is 0 Å². The lowest BCUT2D eigenvalue weighted by Gasteiger charge is -2.20. The minimum atomic E-state index is -0.628. The molecule has 21 heavy (non-hydrogen) atoms. The molecule has 1 aromatic heterocycles. The zero-order chi connectivity index (χ0) is 16.2. The number of nitrogens with one attached hydrogen (secondary N) is 1. The average molecular weight is 310 g/mol. The number of amides is 2. The molecule has 116 valence electrons. The Kier molecular flexibility index (Phi) is 5.78. The van der Waals surface area contributed by atoms with Crippen molar-refractivity contribution in [1.82, 2.24) is 5.32 Å². The summed E-state index contributed by atoms with van der Waals surface area (Å²) < 4.78 is 0. The lowest BCUT2D eigenvalue weighted by atomic mass is 10.2. The molecule has 5 N–H and O–H groups in total. The molecule has 0 fully saturated rings. The van der Waals surface area contributed by atoms with Gasteiger partial charge in [-0.2, -0.15) is 0 Å². The highest BCUT2D eigenvalue weighted by atomic mass is 32.1. The number of primary amides is 1. The molecule has 0 bridgehead atoms. The zero-order valence-corrected chi connectivity index (χ0v) is 13.4. The van der Waals surface area contributed by atoms with Gasteiger partial charge in [0.15, 0.2) is 0 Å². The van der Waals surface area contributed by atoms with E-state index in [1.807, 2.05) is 11.9 Å². The second-order valence-corrected chi connectivity index (χ2v) is 6.16. The normalized spacial score (nSPS) is 10.5. The van der Waals surface area contributed by atoms with Gasteiger partial charge in [0.1, 0.15) is 9.88 Å². The maximum absolute atomic E-state index is 12.1. The summed E-state index contributed by atoms with van der Waals surface area (Å²) in [4.78, 5) is 25.9. The second-order valence-electron chi connectivity index (χ2n) is 5.16. The fourth-order valence-corrected chi connectivity index (χ4v) is 3.10. The molecule has 0 unspecified atom stereocenters. The fourth-order valence-electron chi connectivity index (χ4n) is 1.98. The van der Waals surface area contributed by atoms with E-state index in [-0.39, 0.29) is 17.2 Å². The van der Waals surface area contributed by atoms with Gasteiger partial charge in [0, 0.05) is 20.1 Å². The van der Waals surface area contributed by atoms with Crippen LogP contribution in [0.5, 0.6) is 0 Å². The molecule has 1 aromatic rings. The first kappa shape index (κ1) is 17.0. The number of nitrogens with zero attached hydrogens (tertiary/aromatic N) is 1. The topological polar surface area (TPSA) is 101 Å². The predicted octanol–water partition coefficient (Wildman–Crippen LogP) is 1.44. The molecular formula is C14H22N4O2S. The van der Waals surface area contributed by atoms with Crippen LogP contribution >= 0.6 is 11.3 Å². The van der Waals surface area contributed by atoms with Crippen molar-refractivity contribution in [2.45, 2.75) is 13.8 Å². The van der Waals surface area contributed by atoms with Crippen molar-refractivity contribution in [2.75, 3.05) is 30.8 Å². The number of anilines is 2. The Labute approximate surface area is 128 Å². The second kappa shape index (κ2) is 7.12. The van der Waals surface area contributed by atoms with Gasteiger partial charge >= 0.3 is 0 Å². The standard InChI is InChI=1S/C14H22N4O2S/c1-5-6-17-13(20)11-10(15)9(12(16)19)14(21-11)18(4)7-8(2)3/h5,8H,1,6-7,15H2,2-4H3,(H2,16,19)(H,17,20). The number of rotatable bonds is 7. The summed E-state index contributed by atoms with van der Waals surface area (Å²) in [6.45, 7) is 8.73. The highest BCUT2D eigenvalue weighted by molar-refractivity contribution is 7.19. The first-order valence-corrected chi connectivity index (χ1v) is 7.43. The van der Waals surface area contributed by atoms with Crippen LogP contribution in [0.4, 0.5) is 10.7 Å². The molecule has 1 heterocycles. The Morgan fingerprint density at radius 1 is 1.48 bits per heavy atom. The van der Waals surface area contributed by atoms with Gasteiger partial charge in [-0.25, -0.2) is 0 Å². The van der Waals surface area contributed by atoms with Gasteiger partial charge in [-0.05, 0) is 5.92 Å². The lowest BCUT2D eigenvalue weighted by Crippen LogP contribution is -2.25. The summed E-state index contributed by atoms with van der Waals surface area (Å²) in [6.07, 6.45) is 1.57. The van der Waals surface area contributed by atoms with E-state index in [1.54, 1.807) is 6.08 Å². The summed E-state index contributed by atoms with van der Waals surface area (Å²) in [6, 6.07) is 0. The third-order valence-corrected chi connectivity index (χ3v) is 4.09. The monoisotopic (exact) mass is 310 g/mol. The molecular weight excluding hydrogens is 288 g/mol. The summed E-state index contributed by atoms with van der Waals surface area (Å²) in [5, 5.41) is 3.27. The van der Waals surface area contributed by atoms with Gasteiger partial charge in [-0.15, -0.1) is 17.9 Å². The maximum atomic E-state index is 12.1. The fraction of sp³-hybridized carbons (Fsp3) is 0.429. The van der Waals surface area contributed by atoms with Crippen molar-refractivity contribution in [3.8, 4) is 0 Å². The van der Waals surface area contributed by atoms with E-state index in [0.29, 0.717) is 22.3 Å². The van der Waals surface area contributed by atoms with Gasteiger partial charge < -0.3 is 21.7 Å². The van der Waals surface area contributed by atoms with Crippen molar-refractivity contribution in [2.24, 2.45) is 11.7 Å². The van der Waals surface area contributed by atoms with E-state index in [9.17, 15) is 9.59 Å². The summed E-state index contributed by atoms with van der Waals surface area (Å²) >= 11 is 1.18. The Morgan fingerprint density at radius 2 is 2.10 bits per heavy atom. The van der Waals surface area contributed by atoms with Gasteiger partial charge in [0.05, 0.1) is 11.3 Å². The molecule has 0 aliphatic heterocycles. The van der Waals surface area contributed by atoms with Crippen LogP contribution < -0.4 is 21.7 Å². The molecule has 0 aliphatic carbocycles. The van der Waals surface area contributed by atoms with Crippen LogP contribution in [0.1, 0.15) is 33.9 Å². The quantitative estimate of drug-likeness (QED) is 0.663. The van der Waals surface area contributed by atoms with Gasteiger partial charge in [-0.3, -0.25) is 9.59 Å². The lowest BCUT2D eigenvalue weighted by molar-refractivity contribution is 0.0962. The first-order chi connectivity index (χ1) is 9.79. The number of carbonyl (C=O) groups is 2. The van der Waals surface area contributed by atoms with Crippen molar-refractivity contribution in [3.05, 3.63) is 23.1 Å². The van der Waals surface area contributed by atoms with Crippen LogP contribution in [-0.2, 0) is 0 Å². The third kappa shape index (κ3) is 3.98. The Balaban J connectivity index is 3.22. The zero-order valence-electron chi connectivity index (χ0n) is 12.6. The van der Waals surface area contributed by atoms with Gasteiger partial charge in [0.25, 0.3) is 11.8 Å². The average Bonchev–Trinajstić information content (AvgIpc) is 2.73. The number of carbonyl (C=O) groups excluding carboxylic acids is 2. The third-order valence-electron chi connectivity index (χ3n) is 2.77. The number of thiophene rings is 1. The largest absolute Gasteiger partial charge is 0.397 e. The minimum Gasteiger partial charge on any atom is -0.397 e. The Hall–Kier alpha value is -2.02. The molecule has 0 aliphatic rings. The Morgan fingerprint density at radius 3 is 2.57 bits per heavy atom.